The molecule has 0 saturated carbocycles. The van der Waals surface area contributed by atoms with Gasteiger partial charge >= 0.3 is 5.97 Å². The first-order valence-electron chi connectivity index (χ1n) is 4.68. The molecule has 0 aliphatic carbocycles. The topological polar surface area (TPSA) is 43.4 Å². The number of carbonyl (C=O) groups is 2. The van der Waals surface area contributed by atoms with E-state index in [1.54, 1.807) is 37.3 Å². The first-order valence-corrected chi connectivity index (χ1v) is 4.68. The summed E-state index contributed by atoms with van der Waals surface area (Å²) in [5, 5.41) is 0. The average molecular weight is 202 g/mol. The smallest absolute Gasteiger partial charge is 0.307 e. The van der Waals surface area contributed by atoms with Gasteiger partial charge in [-0.05, 0) is 6.92 Å². The molecule has 3 nitrogen and oxygen atoms in total. The maximum absolute atomic E-state index is 11.6. The van der Waals surface area contributed by atoms with Crippen LogP contribution in [-0.2, 0) is 9.53 Å². The van der Waals surface area contributed by atoms with E-state index in [9.17, 15) is 9.59 Å². The largest absolute Gasteiger partial charge is 0.466 e. The summed E-state index contributed by atoms with van der Waals surface area (Å²) in [7, 11) is 5.45. The number of benzene rings is 1. The first-order chi connectivity index (χ1) is 7.16. The summed E-state index contributed by atoms with van der Waals surface area (Å²) in [5.74, 6) is -2.34. The molecule has 0 spiro atoms. The highest BCUT2D eigenvalue weighted by Crippen LogP contribution is 2.12. The van der Waals surface area contributed by atoms with Crippen molar-refractivity contribution in [2.75, 3.05) is 6.61 Å². The molecule has 1 unspecified atom stereocenters. The van der Waals surface area contributed by atoms with Crippen molar-refractivity contribution in [1.82, 2.24) is 0 Å². The third kappa shape index (κ3) is 2.94. The summed E-state index contributed by atoms with van der Waals surface area (Å²) < 4.78 is 4.66. The van der Waals surface area contributed by atoms with E-state index in [1.807, 2.05) is 0 Å². The van der Waals surface area contributed by atoms with E-state index >= 15 is 0 Å². The Labute approximate surface area is 89.8 Å². The van der Waals surface area contributed by atoms with Gasteiger partial charge in [-0.1, -0.05) is 30.3 Å². The Balaban J connectivity index is 2.73. The zero-order valence-corrected chi connectivity index (χ0v) is 8.47. The monoisotopic (exact) mass is 202 g/mol. The predicted octanol–water partition coefficient (Wildman–Crippen LogP) is 1.39. The number of ketones is 1. The molecule has 0 bridgehead atoms. The maximum atomic E-state index is 11.6. The number of hydrogen-bond donors (Lipinski definition) is 0. The molecule has 0 fully saturated rings. The second kappa shape index (κ2) is 5.34. The van der Waals surface area contributed by atoms with Crippen molar-refractivity contribution in [3.05, 3.63) is 35.9 Å². The van der Waals surface area contributed by atoms with Crippen molar-refractivity contribution >= 4 is 19.6 Å². The Bertz CT molecular complexity index is 348. The maximum Gasteiger partial charge on any atom is 0.307 e. The molecule has 4 heteroatoms. The number of rotatable bonds is 4. The molecule has 0 N–H and O–H groups in total. The van der Waals surface area contributed by atoms with Crippen molar-refractivity contribution < 1.29 is 14.3 Å². The second-order valence-electron chi connectivity index (χ2n) is 2.96. The molecule has 1 aromatic rings. The van der Waals surface area contributed by atoms with Gasteiger partial charge in [-0.15, -0.1) is 0 Å². The van der Waals surface area contributed by atoms with E-state index in [1.165, 1.54) is 0 Å². The van der Waals surface area contributed by atoms with Crippen LogP contribution >= 0.6 is 0 Å². The molecule has 76 valence electrons. The Morgan fingerprint density at radius 1 is 1.33 bits per heavy atom. The van der Waals surface area contributed by atoms with Crippen LogP contribution in [0.3, 0.4) is 0 Å². The zero-order valence-electron chi connectivity index (χ0n) is 8.47. The Kier molecular flexibility index (Phi) is 4.09. The SMILES string of the molecule is [B]C(C(=O)OCC)C(=O)c1ccccc1. The highest BCUT2D eigenvalue weighted by Gasteiger charge is 2.22. The van der Waals surface area contributed by atoms with Crippen molar-refractivity contribution in [2.24, 2.45) is 0 Å². The fourth-order valence-corrected chi connectivity index (χ4v) is 1.12. The quantitative estimate of drug-likeness (QED) is 0.320. The number of hydrogen-bond acceptors (Lipinski definition) is 3. The summed E-state index contributed by atoms with van der Waals surface area (Å²) >= 11 is 0. The van der Waals surface area contributed by atoms with E-state index < -0.39 is 17.6 Å². The van der Waals surface area contributed by atoms with Crippen molar-refractivity contribution in [3.63, 3.8) is 0 Å². The molecule has 1 rings (SSSR count). The molecule has 0 heterocycles. The van der Waals surface area contributed by atoms with Gasteiger partial charge in [0.25, 0.3) is 0 Å². The summed E-state index contributed by atoms with van der Waals surface area (Å²) in [5.41, 5.74) is 0.415. The molecular weight excluding hydrogens is 191 g/mol. The zero-order chi connectivity index (χ0) is 11.3. The van der Waals surface area contributed by atoms with Crippen LogP contribution in [0.25, 0.3) is 0 Å². The molecule has 0 aliphatic rings. The summed E-state index contributed by atoms with van der Waals surface area (Å²) in [6.45, 7) is 1.88. The minimum absolute atomic E-state index is 0.217. The van der Waals surface area contributed by atoms with Crippen LogP contribution in [0.4, 0.5) is 0 Å². The van der Waals surface area contributed by atoms with Crippen molar-refractivity contribution in [2.45, 2.75) is 12.7 Å². The van der Waals surface area contributed by atoms with E-state index in [2.05, 4.69) is 4.74 Å². The van der Waals surface area contributed by atoms with E-state index in [4.69, 9.17) is 7.85 Å². The fraction of sp³-hybridized carbons (Fsp3) is 0.273. The molecule has 0 aromatic heterocycles. The standard InChI is InChI=1S/C11H11BO3/c1-2-15-11(14)9(12)10(13)8-6-4-3-5-7-8/h3-7,9H,2H2,1H3. The molecule has 1 aromatic carbocycles. The van der Waals surface area contributed by atoms with Crippen molar-refractivity contribution in [1.29, 1.82) is 0 Å². The molecule has 2 radical (unpaired) electrons. The number of ether oxygens (including phenoxy) is 1. The first kappa shape index (κ1) is 11.5. The van der Waals surface area contributed by atoms with Gasteiger partial charge in [-0.3, -0.25) is 9.59 Å². The van der Waals surface area contributed by atoms with Crippen LogP contribution in [0.1, 0.15) is 17.3 Å². The van der Waals surface area contributed by atoms with Gasteiger partial charge in [0.2, 0.25) is 0 Å². The summed E-state index contributed by atoms with van der Waals surface area (Å²) in [4.78, 5) is 22.8. The Morgan fingerprint density at radius 2 is 1.93 bits per heavy atom. The van der Waals surface area contributed by atoms with Gasteiger partial charge in [0.1, 0.15) is 0 Å². The lowest BCUT2D eigenvalue weighted by molar-refractivity contribution is -0.141. The average Bonchev–Trinajstić information content (AvgIpc) is 2.28. The third-order valence-corrected chi connectivity index (χ3v) is 1.88. The van der Waals surface area contributed by atoms with Gasteiger partial charge in [0, 0.05) is 5.56 Å². The number of Topliss-reactive ketones (excluding diaryl/α,β-unsaturated/α-hetero) is 1. The Morgan fingerprint density at radius 3 is 2.47 bits per heavy atom. The molecular formula is C11H11BO3. The number of carbonyl (C=O) groups excluding carboxylic acids is 2. The lowest BCUT2D eigenvalue weighted by atomic mass is 9.81. The third-order valence-electron chi connectivity index (χ3n) is 1.88. The molecule has 0 amide bonds. The molecule has 1 atom stereocenters. The van der Waals surface area contributed by atoms with E-state index in [0.717, 1.165) is 0 Å². The van der Waals surface area contributed by atoms with Crippen molar-refractivity contribution in [3.8, 4) is 0 Å². The van der Waals surface area contributed by atoms with Crippen LogP contribution in [0, 0.1) is 0 Å². The number of esters is 1. The minimum atomic E-state index is -1.23. The van der Waals surface area contributed by atoms with Gasteiger partial charge in [-0.25, -0.2) is 0 Å². The van der Waals surface area contributed by atoms with Gasteiger partial charge in [0.05, 0.1) is 20.3 Å². The molecule has 15 heavy (non-hydrogen) atoms. The minimum Gasteiger partial charge on any atom is -0.466 e. The lowest BCUT2D eigenvalue weighted by Crippen LogP contribution is -2.21. The fourth-order valence-electron chi connectivity index (χ4n) is 1.12. The van der Waals surface area contributed by atoms with Crippen LogP contribution in [0.15, 0.2) is 30.3 Å². The van der Waals surface area contributed by atoms with Gasteiger partial charge in [-0.2, -0.15) is 0 Å². The summed E-state index contributed by atoms with van der Waals surface area (Å²) in [6, 6.07) is 8.44. The molecule has 0 saturated heterocycles. The predicted molar refractivity (Wildman–Crippen MR) is 56.9 cm³/mol. The van der Waals surface area contributed by atoms with Crippen LogP contribution in [-0.4, -0.2) is 26.2 Å². The van der Waals surface area contributed by atoms with E-state index in [0.29, 0.717) is 5.56 Å². The lowest BCUT2D eigenvalue weighted by Gasteiger charge is -2.09. The van der Waals surface area contributed by atoms with Gasteiger partial charge < -0.3 is 4.74 Å². The highest BCUT2D eigenvalue weighted by atomic mass is 16.5. The normalized spacial score (nSPS) is 11.8. The van der Waals surface area contributed by atoms with Gasteiger partial charge in [0.15, 0.2) is 5.78 Å². The van der Waals surface area contributed by atoms with Crippen LogP contribution in [0.2, 0.25) is 5.82 Å². The highest BCUT2D eigenvalue weighted by molar-refractivity contribution is 6.38. The Hall–Kier alpha value is -1.58. The second-order valence-corrected chi connectivity index (χ2v) is 2.96. The van der Waals surface area contributed by atoms with Crippen LogP contribution < -0.4 is 0 Å². The molecule has 0 aliphatic heterocycles. The summed E-state index contributed by atoms with van der Waals surface area (Å²) in [6.07, 6.45) is 0. The van der Waals surface area contributed by atoms with Crippen LogP contribution in [0.5, 0.6) is 0 Å². The van der Waals surface area contributed by atoms with E-state index in [-0.39, 0.29) is 6.61 Å².